The van der Waals surface area contributed by atoms with Gasteiger partial charge in [-0.3, -0.25) is 4.18 Å². The van der Waals surface area contributed by atoms with Crippen molar-refractivity contribution in [2.24, 2.45) is 0 Å². The van der Waals surface area contributed by atoms with Crippen LogP contribution in [0.1, 0.15) is 0 Å². The van der Waals surface area contributed by atoms with Crippen LogP contribution in [0, 0.1) is 0 Å². The first-order valence-corrected chi connectivity index (χ1v) is 7.19. The van der Waals surface area contributed by atoms with E-state index in [0.717, 1.165) is 7.11 Å². The van der Waals surface area contributed by atoms with Crippen LogP contribution in [0.5, 0.6) is 0 Å². The van der Waals surface area contributed by atoms with Gasteiger partial charge < -0.3 is 4.55 Å². The summed E-state index contributed by atoms with van der Waals surface area (Å²) in [5, 5.41) is -0.666. The predicted molar refractivity (Wildman–Crippen MR) is 45.5 cm³/mol. The summed E-state index contributed by atoms with van der Waals surface area (Å²) in [5.41, 5.74) is 0. The average Bonchev–Trinajstić information content (AvgIpc) is 1.60. The van der Waals surface area contributed by atoms with Crippen LogP contribution in [0.2, 0.25) is 0 Å². The zero-order chi connectivity index (χ0) is 8.41. The van der Waals surface area contributed by atoms with Crippen LogP contribution in [0.4, 0.5) is 0 Å². The van der Waals surface area contributed by atoms with E-state index in [-0.39, 0.29) is 0 Å². The molecule has 0 aromatic carbocycles. The highest BCUT2D eigenvalue weighted by molar-refractivity contribution is 8.41. The molecule has 0 spiro atoms. The van der Waals surface area contributed by atoms with Crippen molar-refractivity contribution < 1.29 is 17.2 Å². The molecule has 0 aliphatic heterocycles. The van der Waals surface area contributed by atoms with E-state index in [4.69, 9.17) is 4.55 Å². The standard InChI is InChI=1S/C2H6O4S4/c1-6-10(5,8)2-9(3,4)7/h2H2,1H3,(H,3,4,7). The number of hydrogen-bond acceptors (Lipinski definition) is 5. The Morgan fingerprint density at radius 3 is 2.00 bits per heavy atom. The third-order valence-electron chi connectivity index (χ3n) is 0.547. The van der Waals surface area contributed by atoms with Crippen LogP contribution < -0.4 is 0 Å². The smallest absolute Gasteiger partial charge is 0.158 e. The van der Waals surface area contributed by atoms with Gasteiger partial charge in [0.1, 0.15) is 0 Å². The molecule has 0 fully saturated rings. The van der Waals surface area contributed by atoms with Crippen molar-refractivity contribution in [2.75, 3.05) is 12.2 Å². The van der Waals surface area contributed by atoms with Crippen molar-refractivity contribution in [2.45, 2.75) is 0 Å². The van der Waals surface area contributed by atoms with Crippen molar-refractivity contribution in [3.05, 3.63) is 0 Å². The van der Waals surface area contributed by atoms with E-state index in [2.05, 4.69) is 26.6 Å². The van der Waals surface area contributed by atoms with Crippen LogP contribution in [0.3, 0.4) is 0 Å². The maximum Gasteiger partial charge on any atom is 0.158 e. The normalized spacial score (nSPS) is 23.0. The summed E-state index contributed by atoms with van der Waals surface area (Å²) in [6.07, 6.45) is 0. The molecule has 0 aromatic heterocycles. The number of hydrogen-bond donors (Lipinski definition) is 1. The first-order valence-electron chi connectivity index (χ1n) is 2.00. The molecule has 0 heterocycles. The summed E-state index contributed by atoms with van der Waals surface area (Å²) >= 11 is 8.35. The third-order valence-corrected chi connectivity index (χ3v) is 5.54. The molecule has 2 unspecified atom stereocenters. The molecule has 0 saturated heterocycles. The first kappa shape index (κ1) is 10.7. The van der Waals surface area contributed by atoms with Gasteiger partial charge in [0.05, 0.1) is 7.11 Å². The first-order chi connectivity index (χ1) is 4.27. The second-order valence-electron chi connectivity index (χ2n) is 1.42. The summed E-state index contributed by atoms with van der Waals surface area (Å²) in [6, 6.07) is 0. The van der Waals surface area contributed by atoms with Gasteiger partial charge in [-0.2, -0.15) is 0 Å². The molecule has 2 atom stereocenters. The molecule has 0 aliphatic rings. The highest BCUT2D eigenvalue weighted by Gasteiger charge is 2.11. The fraction of sp³-hybridized carbons (Fsp3) is 1.00. The second-order valence-corrected chi connectivity index (χ2v) is 8.07. The van der Waals surface area contributed by atoms with Gasteiger partial charge in [0.25, 0.3) is 0 Å². The minimum Gasteiger partial charge on any atom is -0.305 e. The molecule has 0 aliphatic carbocycles. The van der Waals surface area contributed by atoms with Gasteiger partial charge >= 0.3 is 0 Å². The van der Waals surface area contributed by atoms with Gasteiger partial charge in [-0.25, -0.2) is 8.42 Å². The minimum absolute atomic E-state index is 0.666. The lowest BCUT2D eigenvalue weighted by Crippen LogP contribution is -2.14. The molecular weight excluding hydrogens is 216 g/mol. The van der Waals surface area contributed by atoms with E-state index in [1.807, 2.05) is 0 Å². The van der Waals surface area contributed by atoms with E-state index in [1.165, 1.54) is 0 Å². The molecule has 0 saturated carbocycles. The second kappa shape index (κ2) is 3.37. The van der Waals surface area contributed by atoms with Crippen LogP contribution in [0.25, 0.3) is 0 Å². The quantitative estimate of drug-likeness (QED) is 0.692. The summed E-state index contributed by atoms with van der Waals surface area (Å²) in [5.74, 6) is 0. The lowest BCUT2D eigenvalue weighted by atomic mass is 11.8. The predicted octanol–water partition coefficient (Wildman–Crippen LogP) is -0.529. The maximum atomic E-state index is 10.8. The monoisotopic (exact) mass is 222 g/mol. The van der Waals surface area contributed by atoms with Gasteiger partial charge in [0, 0.05) is 22.4 Å². The molecule has 10 heavy (non-hydrogen) atoms. The van der Waals surface area contributed by atoms with Crippen molar-refractivity contribution >= 4 is 39.9 Å². The van der Waals surface area contributed by atoms with Crippen molar-refractivity contribution in [1.29, 1.82) is 0 Å². The van der Waals surface area contributed by atoms with E-state index >= 15 is 0 Å². The lowest BCUT2D eigenvalue weighted by molar-refractivity contribution is 0.446. The molecule has 4 nitrogen and oxygen atoms in total. The topological polar surface area (TPSA) is 63.6 Å². The van der Waals surface area contributed by atoms with Gasteiger partial charge in [-0.05, 0) is 0 Å². The van der Waals surface area contributed by atoms with Crippen molar-refractivity contribution in [1.82, 2.24) is 0 Å². The molecule has 1 N–H and O–H groups in total. The Labute approximate surface area is 69.3 Å². The molecule has 0 rings (SSSR count). The Morgan fingerprint density at radius 2 is 1.90 bits per heavy atom. The highest BCUT2D eigenvalue weighted by atomic mass is 32.9. The molecule has 8 heteroatoms. The Morgan fingerprint density at radius 1 is 1.50 bits per heavy atom. The molecule has 0 radical (unpaired) electrons. The molecule has 62 valence electrons. The van der Waals surface area contributed by atoms with Gasteiger partial charge in [-0.15, -0.1) is 0 Å². The summed E-state index contributed by atoms with van der Waals surface area (Å²) in [7, 11) is -5.43. The largest absolute Gasteiger partial charge is 0.305 e. The van der Waals surface area contributed by atoms with E-state index in [0.29, 0.717) is 0 Å². The zero-order valence-corrected chi connectivity index (χ0v) is 8.28. The fourth-order valence-electron chi connectivity index (χ4n) is 0.231. The van der Waals surface area contributed by atoms with Gasteiger partial charge in [-0.1, -0.05) is 0 Å². The Hall–Kier alpha value is 0.660. The molecule has 0 bridgehead atoms. The lowest BCUT2D eigenvalue weighted by Gasteiger charge is -2.01. The number of rotatable bonds is 3. The van der Waals surface area contributed by atoms with E-state index < -0.39 is 22.6 Å². The zero-order valence-electron chi connectivity index (χ0n) is 5.01. The molecule has 0 aromatic rings. The molecular formula is C2H6O4S4. The average molecular weight is 222 g/mol. The maximum absolute atomic E-state index is 10.8. The third kappa shape index (κ3) is 5.45. The van der Waals surface area contributed by atoms with Crippen LogP contribution in [-0.4, -0.2) is 25.2 Å². The minimum atomic E-state index is -3.47. The van der Waals surface area contributed by atoms with E-state index in [1.54, 1.807) is 0 Å². The Kier molecular flexibility index (Phi) is 3.59. The van der Waals surface area contributed by atoms with Crippen LogP contribution in [-0.2, 0) is 44.1 Å². The molecule has 0 amide bonds. The Balaban J connectivity index is 4.49. The van der Waals surface area contributed by atoms with Gasteiger partial charge in [0.15, 0.2) is 22.6 Å². The summed E-state index contributed by atoms with van der Waals surface area (Å²) < 4.78 is 33.9. The Bertz CT molecular complexity index is 283. The highest BCUT2D eigenvalue weighted by Crippen LogP contribution is 1.96. The van der Waals surface area contributed by atoms with Crippen LogP contribution in [0.15, 0.2) is 0 Å². The fourth-order valence-corrected chi connectivity index (χ4v) is 4.94. The SMILES string of the molecule is COS(=O)(=S)CS(=O)(O)=S. The van der Waals surface area contributed by atoms with Crippen LogP contribution >= 0.6 is 0 Å². The van der Waals surface area contributed by atoms with Crippen molar-refractivity contribution in [3.8, 4) is 0 Å². The summed E-state index contributed by atoms with van der Waals surface area (Å²) in [6.45, 7) is 0. The summed E-state index contributed by atoms with van der Waals surface area (Å²) in [4.78, 5) is 0. The van der Waals surface area contributed by atoms with E-state index in [9.17, 15) is 8.42 Å². The van der Waals surface area contributed by atoms with Crippen molar-refractivity contribution in [3.63, 3.8) is 0 Å². The van der Waals surface area contributed by atoms with Gasteiger partial charge in [0.2, 0.25) is 0 Å².